The van der Waals surface area contributed by atoms with Crippen LogP contribution in [-0.2, 0) is 10.4 Å². The molecule has 0 heterocycles. The summed E-state index contributed by atoms with van der Waals surface area (Å²) in [4.78, 5) is 14.9. The molecule has 0 bridgehead atoms. The topological polar surface area (TPSA) is 40.5 Å². The maximum absolute atomic E-state index is 13.3. The van der Waals surface area contributed by atoms with Gasteiger partial charge in [0.15, 0.2) is 11.4 Å². The van der Waals surface area contributed by atoms with Gasteiger partial charge in [0.25, 0.3) is 0 Å². The van der Waals surface area contributed by atoms with Crippen LogP contribution in [0, 0.1) is 23.6 Å². The van der Waals surface area contributed by atoms with E-state index >= 15 is 0 Å². The molecule has 1 atom stereocenters. The predicted octanol–water partition coefficient (Wildman–Crippen LogP) is 3.51. The van der Waals surface area contributed by atoms with Crippen LogP contribution in [0.5, 0.6) is 0 Å². The fourth-order valence-electron chi connectivity index (χ4n) is 3.52. The summed E-state index contributed by atoms with van der Waals surface area (Å²) in [6.07, 6.45) is 5.47. The number of Topliss-reactive ketones (excluding diaryl/α,β-unsaturated/α-hetero) is 1. The van der Waals surface area contributed by atoms with Crippen molar-refractivity contribution in [1.82, 2.24) is 4.90 Å². The zero-order valence-electron chi connectivity index (χ0n) is 15.2. The maximum atomic E-state index is 13.3. The highest BCUT2D eigenvalue weighted by Gasteiger charge is 2.44. The highest BCUT2D eigenvalue weighted by molar-refractivity contribution is 5.89. The number of nitrogens with zero attached hydrogens (tertiary/aromatic N) is 1. The second-order valence-electron chi connectivity index (χ2n) is 7.12. The second kappa shape index (κ2) is 9.12. The van der Waals surface area contributed by atoms with Crippen LogP contribution in [0.25, 0.3) is 0 Å². The lowest BCUT2D eigenvalue weighted by Crippen LogP contribution is -2.44. The van der Waals surface area contributed by atoms with E-state index in [1.54, 1.807) is 12.1 Å². The monoisotopic (exact) mass is 345 g/mol. The molecule has 136 valence electrons. The van der Waals surface area contributed by atoms with Crippen molar-refractivity contribution in [2.24, 2.45) is 5.92 Å². The fourth-order valence-corrected chi connectivity index (χ4v) is 3.52. The van der Waals surface area contributed by atoms with Crippen molar-refractivity contribution in [2.75, 3.05) is 20.6 Å². The molecule has 1 aliphatic carbocycles. The molecule has 0 radical (unpaired) electrons. The van der Waals surface area contributed by atoms with E-state index < -0.39 is 5.60 Å². The van der Waals surface area contributed by atoms with Crippen molar-refractivity contribution in [2.45, 2.75) is 50.5 Å². The van der Waals surface area contributed by atoms with Gasteiger partial charge >= 0.3 is 0 Å². The minimum Gasteiger partial charge on any atom is -0.377 e. The predicted molar refractivity (Wildman–Crippen MR) is 97.4 cm³/mol. The molecule has 1 saturated carbocycles. The Morgan fingerprint density at radius 2 is 1.84 bits per heavy atom. The molecule has 1 unspecified atom stereocenters. The number of hydrogen-bond donors (Lipinski definition) is 1. The van der Waals surface area contributed by atoms with Gasteiger partial charge in [0.1, 0.15) is 5.82 Å². The minimum absolute atomic E-state index is 0.103. The first-order valence-electron chi connectivity index (χ1n) is 9.06. The molecule has 0 aliphatic heterocycles. The van der Waals surface area contributed by atoms with E-state index in [-0.39, 0.29) is 23.9 Å². The van der Waals surface area contributed by atoms with E-state index in [4.69, 9.17) is 0 Å². The number of rotatable bonds is 6. The molecule has 0 aromatic heterocycles. The maximum Gasteiger partial charge on any atom is 0.170 e. The summed E-state index contributed by atoms with van der Waals surface area (Å²) in [6.45, 7) is 0.652. The number of carbonyl (C=O) groups excluding carboxylic acids is 1. The number of carbonyl (C=O) groups is 1. The lowest BCUT2D eigenvalue weighted by Gasteiger charge is -2.37. The summed E-state index contributed by atoms with van der Waals surface area (Å²) in [7, 11) is 3.88. The third-order valence-electron chi connectivity index (χ3n) is 4.90. The van der Waals surface area contributed by atoms with Crippen molar-refractivity contribution in [1.29, 1.82) is 0 Å². The van der Waals surface area contributed by atoms with E-state index in [0.29, 0.717) is 18.5 Å². The standard InChI is InChI=1S/C21H28FNO2/c1-23(2)16-8-4-7-11-20(24)21(25,17-9-5-3-6-10-17)18-12-14-19(22)15-13-18/h12-15,17,25H,3,5-7,9-11,16H2,1-2H3. The van der Waals surface area contributed by atoms with Crippen molar-refractivity contribution in [3.8, 4) is 11.8 Å². The third-order valence-corrected chi connectivity index (χ3v) is 4.90. The van der Waals surface area contributed by atoms with Gasteiger partial charge in [0, 0.05) is 12.8 Å². The first-order valence-corrected chi connectivity index (χ1v) is 9.06. The van der Waals surface area contributed by atoms with Crippen LogP contribution in [0.1, 0.15) is 50.5 Å². The lowest BCUT2D eigenvalue weighted by molar-refractivity contribution is -0.146. The molecule has 1 aromatic rings. The Bertz CT molecular complexity index is 624. The summed E-state index contributed by atoms with van der Waals surface area (Å²) >= 11 is 0. The molecule has 0 amide bonds. The normalized spacial score (nSPS) is 17.6. The Kier molecular flexibility index (Phi) is 7.16. The minimum atomic E-state index is -1.53. The van der Waals surface area contributed by atoms with Crippen molar-refractivity contribution in [3.63, 3.8) is 0 Å². The van der Waals surface area contributed by atoms with E-state index in [2.05, 4.69) is 11.8 Å². The number of halogens is 1. The van der Waals surface area contributed by atoms with Gasteiger partial charge in [-0.05, 0) is 50.6 Å². The number of aliphatic hydroxyl groups is 1. The lowest BCUT2D eigenvalue weighted by atomic mass is 9.70. The molecular formula is C21H28FNO2. The molecule has 0 saturated heterocycles. The largest absolute Gasteiger partial charge is 0.377 e. The van der Waals surface area contributed by atoms with Crippen LogP contribution in [0.2, 0.25) is 0 Å². The number of ketones is 1. The fraction of sp³-hybridized carbons (Fsp3) is 0.571. The van der Waals surface area contributed by atoms with Crippen molar-refractivity contribution >= 4 is 5.78 Å². The molecule has 25 heavy (non-hydrogen) atoms. The summed E-state index contributed by atoms with van der Waals surface area (Å²) in [5.74, 6) is 5.34. The highest BCUT2D eigenvalue weighted by Crippen LogP contribution is 2.41. The second-order valence-corrected chi connectivity index (χ2v) is 7.12. The van der Waals surface area contributed by atoms with Crippen LogP contribution in [0.15, 0.2) is 24.3 Å². The van der Waals surface area contributed by atoms with E-state index in [1.807, 2.05) is 19.0 Å². The summed E-state index contributed by atoms with van der Waals surface area (Å²) in [5, 5.41) is 11.4. The molecule has 1 aliphatic rings. The van der Waals surface area contributed by atoms with Gasteiger partial charge in [-0.25, -0.2) is 4.39 Å². The van der Waals surface area contributed by atoms with Gasteiger partial charge in [-0.3, -0.25) is 9.69 Å². The molecule has 1 aromatic carbocycles. The van der Waals surface area contributed by atoms with E-state index in [1.165, 1.54) is 12.1 Å². The van der Waals surface area contributed by atoms with Gasteiger partial charge in [-0.1, -0.05) is 37.3 Å². The SMILES string of the molecule is CN(C)CC#CCCC(=O)C(O)(c1ccc(F)cc1)C1CCCCC1. The van der Waals surface area contributed by atoms with Gasteiger partial charge < -0.3 is 5.11 Å². The van der Waals surface area contributed by atoms with Gasteiger partial charge in [-0.2, -0.15) is 0 Å². The summed E-state index contributed by atoms with van der Waals surface area (Å²) in [5.41, 5.74) is -1.02. The smallest absolute Gasteiger partial charge is 0.170 e. The molecule has 4 heteroatoms. The van der Waals surface area contributed by atoms with Gasteiger partial charge in [-0.15, -0.1) is 5.92 Å². The van der Waals surface area contributed by atoms with Crippen LogP contribution in [-0.4, -0.2) is 36.4 Å². The van der Waals surface area contributed by atoms with E-state index in [9.17, 15) is 14.3 Å². The Labute approximate surface area is 150 Å². The summed E-state index contributed by atoms with van der Waals surface area (Å²) < 4.78 is 13.3. The molecule has 0 spiro atoms. The van der Waals surface area contributed by atoms with Crippen LogP contribution >= 0.6 is 0 Å². The molecular weight excluding hydrogens is 317 g/mol. The van der Waals surface area contributed by atoms with Gasteiger partial charge in [0.2, 0.25) is 0 Å². The average Bonchev–Trinajstić information content (AvgIpc) is 2.61. The first-order chi connectivity index (χ1) is 11.9. The third kappa shape index (κ3) is 5.14. The highest BCUT2D eigenvalue weighted by atomic mass is 19.1. The van der Waals surface area contributed by atoms with Gasteiger partial charge in [0.05, 0.1) is 6.54 Å². The number of benzene rings is 1. The first kappa shape index (κ1) is 19.6. The average molecular weight is 345 g/mol. The zero-order valence-corrected chi connectivity index (χ0v) is 15.2. The quantitative estimate of drug-likeness (QED) is 0.802. The molecule has 2 rings (SSSR count). The zero-order chi connectivity index (χ0) is 18.3. The Morgan fingerprint density at radius 3 is 2.44 bits per heavy atom. The Balaban J connectivity index is 2.16. The molecule has 1 N–H and O–H groups in total. The molecule has 1 fully saturated rings. The Hall–Kier alpha value is -1.70. The van der Waals surface area contributed by atoms with Crippen LogP contribution in [0.3, 0.4) is 0 Å². The number of hydrogen-bond acceptors (Lipinski definition) is 3. The van der Waals surface area contributed by atoms with Crippen LogP contribution < -0.4 is 0 Å². The van der Waals surface area contributed by atoms with E-state index in [0.717, 1.165) is 32.1 Å². The Morgan fingerprint density at radius 1 is 1.20 bits per heavy atom. The van der Waals surface area contributed by atoms with Crippen molar-refractivity contribution in [3.05, 3.63) is 35.6 Å². The summed E-state index contributed by atoms with van der Waals surface area (Å²) in [6, 6.07) is 5.71. The van der Waals surface area contributed by atoms with Crippen LogP contribution in [0.4, 0.5) is 4.39 Å². The molecule has 3 nitrogen and oxygen atoms in total. The van der Waals surface area contributed by atoms with Crippen molar-refractivity contribution < 1.29 is 14.3 Å².